The number of ether oxygens (including phenoxy) is 1. The largest absolute Gasteiger partial charge is 0.492 e. The number of hydrogen-bond acceptors (Lipinski definition) is 5. The van der Waals surface area contributed by atoms with Crippen LogP contribution in [0.15, 0.2) is 48.5 Å². The zero-order valence-corrected chi connectivity index (χ0v) is 12.1. The normalized spacial score (nSPS) is 9.82. The van der Waals surface area contributed by atoms with Crippen molar-refractivity contribution in [2.24, 2.45) is 0 Å². The van der Waals surface area contributed by atoms with E-state index in [0.29, 0.717) is 18.8 Å². The van der Waals surface area contributed by atoms with Gasteiger partial charge < -0.3 is 9.64 Å². The van der Waals surface area contributed by atoms with Crippen molar-refractivity contribution in [2.45, 2.75) is 0 Å². The number of rotatable bonds is 6. The predicted octanol–water partition coefficient (Wildman–Crippen LogP) is 2.98. The summed E-state index contributed by atoms with van der Waals surface area (Å²) in [5.41, 5.74) is 0.829. The van der Waals surface area contributed by atoms with Gasteiger partial charge in [-0.2, -0.15) is 5.26 Å². The minimum atomic E-state index is -0.511. The third-order valence-corrected chi connectivity index (χ3v) is 3.16. The number of likely N-dealkylation sites (N-methyl/N-ethyl adjacent to an activating group) is 1. The van der Waals surface area contributed by atoms with E-state index in [1.807, 2.05) is 48.3 Å². The third kappa shape index (κ3) is 3.73. The SMILES string of the molecule is CN(CCOc1ccccc1)c1ccc([N+](=O)[O-])cc1C#N. The molecule has 6 nitrogen and oxygen atoms in total. The van der Waals surface area contributed by atoms with Crippen LogP contribution in [0, 0.1) is 21.4 Å². The topological polar surface area (TPSA) is 79.4 Å². The van der Waals surface area contributed by atoms with E-state index in [9.17, 15) is 10.1 Å². The molecule has 0 N–H and O–H groups in total. The summed E-state index contributed by atoms with van der Waals surface area (Å²) in [6.07, 6.45) is 0. The Bertz CT molecular complexity index is 696. The van der Waals surface area contributed by atoms with Crippen LogP contribution in [0.3, 0.4) is 0 Å². The van der Waals surface area contributed by atoms with Gasteiger partial charge in [-0.1, -0.05) is 18.2 Å². The van der Waals surface area contributed by atoms with Gasteiger partial charge in [0.25, 0.3) is 5.69 Å². The summed E-state index contributed by atoms with van der Waals surface area (Å²) < 4.78 is 5.60. The van der Waals surface area contributed by atoms with Crippen molar-refractivity contribution in [1.29, 1.82) is 5.26 Å². The molecule has 0 spiro atoms. The molecule has 0 aliphatic carbocycles. The number of hydrogen-bond donors (Lipinski definition) is 0. The predicted molar refractivity (Wildman–Crippen MR) is 83.0 cm³/mol. The van der Waals surface area contributed by atoms with Crippen molar-refractivity contribution in [2.75, 3.05) is 25.1 Å². The van der Waals surface area contributed by atoms with E-state index in [4.69, 9.17) is 10.00 Å². The van der Waals surface area contributed by atoms with Crippen LogP contribution in [0.1, 0.15) is 5.56 Å². The molecule has 0 bridgehead atoms. The second-order valence-electron chi connectivity index (χ2n) is 4.65. The molecule has 0 atom stereocenters. The summed E-state index contributed by atoms with van der Waals surface area (Å²) in [7, 11) is 1.82. The van der Waals surface area contributed by atoms with Crippen molar-refractivity contribution in [3.8, 4) is 11.8 Å². The Labute approximate surface area is 128 Å². The molecular formula is C16H15N3O3. The maximum atomic E-state index is 10.7. The van der Waals surface area contributed by atoms with Crippen LogP contribution in [0.25, 0.3) is 0 Å². The minimum Gasteiger partial charge on any atom is -0.492 e. The molecule has 0 saturated carbocycles. The first kappa shape index (κ1) is 15.3. The second kappa shape index (κ2) is 7.09. The Balaban J connectivity index is 2.02. The van der Waals surface area contributed by atoms with Gasteiger partial charge in [-0.15, -0.1) is 0 Å². The van der Waals surface area contributed by atoms with Crippen molar-refractivity contribution in [1.82, 2.24) is 0 Å². The molecule has 2 rings (SSSR count). The minimum absolute atomic E-state index is 0.0887. The summed E-state index contributed by atoms with van der Waals surface area (Å²) in [5, 5.41) is 19.9. The van der Waals surface area contributed by atoms with Gasteiger partial charge >= 0.3 is 0 Å². The summed E-state index contributed by atoms with van der Waals surface area (Å²) in [5.74, 6) is 0.778. The third-order valence-electron chi connectivity index (χ3n) is 3.16. The molecule has 0 fully saturated rings. The smallest absolute Gasteiger partial charge is 0.270 e. The van der Waals surface area contributed by atoms with Crippen LogP contribution in [0.4, 0.5) is 11.4 Å². The second-order valence-corrected chi connectivity index (χ2v) is 4.65. The lowest BCUT2D eigenvalue weighted by molar-refractivity contribution is -0.384. The molecule has 0 unspecified atom stereocenters. The first-order valence-electron chi connectivity index (χ1n) is 6.69. The van der Waals surface area contributed by atoms with Gasteiger partial charge in [-0.3, -0.25) is 10.1 Å². The first-order chi connectivity index (χ1) is 10.6. The van der Waals surface area contributed by atoms with E-state index >= 15 is 0 Å². The molecule has 0 radical (unpaired) electrons. The van der Waals surface area contributed by atoms with E-state index in [1.165, 1.54) is 12.1 Å². The molecule has 0 aromatic heterocycles. The highest BCUT2D eigenvalue weighted by atomic mass is 16.6. The summed E-state index contributed by atoms with van der Waals surface area (Å²) in [6.45, 7) is 1.00. The van der Waals surface area contributed by atoms with Crippen LogP contribution >= 0.6 is 0 Å². The van der Waals surface area contributed by atoms with E-state index in [1.54, 1.807) is 6.07 Å². The van der Waals surface area contributed by atoms with Crippen LogP contribution in [0.2, 0.25) is 0 Å². The number of nitriles is 1. The molecule has 0 aliphatic rings. The monoisotopic (exact) mass is 297 g/mol. The summed E-state index contributed by atoms with van der Waals surface area (Å²) in [4.78, 5) is 12.1. The lowest BCUT2D eigenvalue weighted by atomic mass is 10.1. The van der Waals surface area contributed by atoms with E-state index in [-0.39, 0.29) is 11.3 Å². The van der Waals surface area contributed by atoms with Crippen molar-refractivity contribution >= 4 is 11.4 Å². The number of anilines is 1. The fourth-order valence-corrected chi connectivity index (χ4v) is 2.00. The number of benzene rings is 2. The standard InChI is InChI=1S/C16H15N3O3/c1-18(9-10-22-15-5-3-2-4-6-15)16-8-7-14(19(20)21)11-13(16)12-17/h2-8,11H,9-10H2,1H3. The molecule has 22 heavy (non-hydrogen) atoms. The van der Waals surface area contributed by atoms with Gasteiger partial charge in [0.15, 0.2) is 0 Å². The van der Waals surface area contributed by atoms with Gasteiger partial charge in [-0.05, 0) is 18.2 Å². The number of nitro groups is 1. The zero-order valence-electron chi connectivity index (χ0n) is 12.1. The molecule has 0 aliphatic heterocycles. The molecule has 2 aromatic carbocycles. The fraction of sp³-hybridized carbons (Fsp3) is 0.188. The zero-order chi connectivity index (χ0) is 15.9. The number of non-ortho nitro benzene ring substituents is 1. The number of nitro benzene ring substituents is 1. The van der Waals surface area contributed by atoms with Crippen LogP contribution in [-0.2, 0) is 0 Å². The Kier molecular flexibility index (Phi) is 4.94. The summed E-state index contributed by atoms with van der Waals surface area (Å²) >= 11 is 0. The van der Waals surface area contributed by atoms with Crippen molar-refractivity contribution in [3.05, 3.63) is 64.2 Å². The molecule has 6 heteroatoms. The van der Waals surface area contributed by atoms with Gasteiger partial charge in [0.05, 0.1) is 22.7 Å². The van der Waals surface area contributed by atoms with Gasteiger partial charge in [0.1, 0.15) is 18.4 Å². The molecule has 0 saturated heterocycles. The van der Waals surface area contributed by atoms with E-state index < -0.39 is 4.92 Å². The van der Waals surface area contributed by atoms with E-state index in [2.05, 4.69) is 0 Å². The quantitative estimate of drug-likeness (QED) is 0.605. The molecule has 0 heterocycles. The van der Waals surface area contributed by atoms with Gasteiger partial charge in [-0.25, -0.2) is 0 Å². The molecule has 0 amide bonds. The van der Waals surface area contributed by atoms with E-state index in [0.717, 1.165) is 5.75 Å². The number of para-hydroxylation sites is 1. The average molecular weight is 297 g/mol. The highest BCUT2D eigenvalue weighted by molar-refractivity contribution is 5.62. The van der Waals surface area contributed by atoms with Crippen LogP contribution < -0.4 is 9.64 Å². The molecule has 112 valence electrons. The van der Waals surface area contributed by atoms with Crippen LogP contribution in [-0.4, -0.2) is 25.1 Å². The molecule has 2 aromatic rings. The molecular weight excluding hydrogens is 282 g/mol. The van der Waals surface area contributed by atoms with Crippen molar-refractivity contribution in [3.63, 3.8) is 0 Å². The van der Waals surface area contributed by atoms with Gasteiger partial charge in [0, 0.05) is 19.2 Å². The Hall–Kier alpha value is -3.07. The Morgan fingerprint density at radius 3 is 2.64 bits per heavy atom. The summed E-state index contributed by atoms with van der Waals surface area (Å²) in [6, 6.07) is 15.7. The average Bonchev–Trinajstić information content (AvgIpc) is 2.55. The highest BCUT2D eigenvalue weighted by Crippen LogP contribution is 2.24. The lowest BCUT2D eigenvalue weighted by Gasteiger charge is -2.20. The maximum Gasteiger partial charge on any atom is 0.270 e. The Morgan fingerprint density at radius 1 is 1.27 bits per heavy atom. The van der Waals surface area contributed by atoms with Crippen LogP contribution in [0.5, 0.6) is 5.75 Å². The first-order valence-corrected chi connectivity index (χ1v) is 6.69. The number of nitrogens with zero attached hydrogens (tertiary/aromatic N) is 3. The Morgan fingerprint density at radius 2 is 2.00 bits per heavy atom. The maximum absolute atomic E-state index is 10.7. The fourth-order valence-electron chi connectivity index (χ4n) is 2.00. The highest BCUT2D eigenvalue weighted by Gasteiger charge is 2.13. The van der Waals surface area contributed by atoms with Crippen molar-refractivity contribution < 1.29 is 9.66 Å². The van der Waals surface area contributed by atoms with Gasteiger partial charge in [0.2, 0.25) is 0 Å². The lowest BCUT2D eigenvalue weighted by Crippen LogP contribution is -2.24.